The first-order valence-electron chi connectivity index (χ1n) is 11.2. The number of unbranched alkanes of at least 4 members (excludes halogenated alkanes) is 8. The van der Waals surface area contributed by atoms with Gasteiger partial charge in [-0.25, -0.2) is 0 Å². The van der Waals surface area contributed by atoms with Crippen LogP contribution in [0.15, 0.2) is 0 Å². The number of hydrogen-bond donors (Lipinski definition) is 1. The molecule has 1 atom stereocenters. The predicted molar refractivity (Wildman–Crippen MR) is 109 cm³/mol. The van der Waals surface area contributed by atoms with Crippen LogP contribution in [0.1, 0.15) is 104 Å². The lowest BCUT2D eigenvalue weighted by Crippen LogP contribution is -2.47. The van der Waals surface area contributed by atoms with Gasteiger partial charge in [-0.3, -0.25) is 9.59 Å². The lowest BCUT2D eigenvalue weighted by Gasteiger charge is -2.23. The highest BCUT2D eigenvalue weighted by Gasteiger charge is 2.24. The van der Waals surface area contributed by atoms with E-state index in [2.05, 4.69) is 24.1 Å². The third-order valence-electron chi connectivity index (χ3n) is 5.40. The predicted octanol–water partition coefficient (Wildman–Crippen LogP) is 4.86. The van der Waals surface area contributed by atoms with Crippen molar-refractivity contribution in [1.82, 2.24) is 10.2 Å². The van der Waals surface area contributed by atoms with E-state index in [-0.39, 0.29) is 17.7 Å². The second kappa shape index (κ2) is 15.2. The Labute approximate surface area is 161 Å². The summed E-state index contributed by atoms with van der Waals surface area (Å²) in [5.41, 5.74) is 0. The maximum Gasteiger partial charge on any atom is 0.220 e. The van der Waals surface area contributed by atoms with E-state index in [4.69, 9.17) is 0 Å². The molecule has 1 aliphatic rings. The standard InChI is InChI=1S/C22H42N2O2/c1-3-5-7-9-11-15-21(25)20(19-24-17-13-14-18-24)23-22(26)16-12-10-8-6-4-2/h20H,3-19H2,1-2H3,(H,23,26)/t20-/m1/s1. The molecule has 0 unspecified atom stereocenters. The maximum absolute atomic E-state index is 12.7. The summed E-state index contributed by atoms with van der Waals surface area (Å²) in [4.78, 5) is 27.3. The van der Waals surface area contributed by atoms with Crippen LogP contribution in [0.3, 0.4) is 0 Å². The van der Waals surface area contributed by atoms with Gasteiger partial charge >= 0.3 is 0 Å². The second-order valence-corrected chi connectivity index (χ2v) is 7.92. The van der Waals surface area contributed by atoms with Crippen molar-refractivity contribution in [3.63, 3.8) is 0 Å². The maximum atomic E-state index is 12.7. The number of nitrogens with zero attached hydrogens (tertiary/aromatic N) is 1. The molecular weight excluding hydrogens is 324 g/mol. The van der Waals surface area contributed by atoms with E-state index < -0.39 is 0 Å². The Morgan fingerprint density at radius 3 is 1.92 bits per heavy atom. The molecule has 1 amide bonds. The number of carbonyl (C=O) groups is 2. The smallest absolute Gasteiger partial charge is 0.220 e. The van der Waals surface area contributed by atoms with Crippen LogP contribution in [0.25, 0.3) is 0 Å². The molecule has 0 aromatic heterocycles. The average Bonchev–Trinajstić information content (AvgIpc) is 3.14. The molecule has 0 radical (unpaired) electrons. The van der Waals surface area contributed by atoms with Crippen LogP contribution in [0.2, 0.25) is 0 Å². The summed E-state index contributed by atoms with van der Waals surface area (Å²) in [5.74, 6) is 0.290. The minimum Gasteiger partial charge on any atom is -0.345 e. The van der Waals surface area contributed by atoms with Gasteiger partial charge in [-0.1, -0.05) is 65.2 Å². The Kier molecular flexibility index (Phi) is 13.5. The van der Waals surface area contributed by atoms with Crippen LogP contribution in [-0.4, -0.2) is 42.3 Å². The Hall–Kier alpha value is -0.900. The molecule has 1 saturated heterocycles. The zero-order valence-electron chi connectivity index (χ0n) is 17.4. The molecule has 4 nitrogen and oxygen atoms in total. The van der Waals surface area contributed by atoms with Crippen molar-refractivity contribution in [1.29, 1.82) is 0 Å². The Morgan fingerprint density at radius 2 is 1.35 bits per heavy atom. The summed E-state index contributed by atoms with van der Waals surface area (Å²) in [7, 11) is 0. The SMILES string of the molecule is CCCCCCCC(=O)N[C@H](CN1CCCC1)C(=O)CCCCCCC. The van der Waals surface area contributed by atoms with E-state index >= 15 is 0 Å². The zero-order chi connectivity index (χ0) is 19.0. The van der Waals surface area contributed by atoms with Crippen LogP contribution in [0.4, 0.5) is 0 Å². The van der Waals surface area contributed by atoms with Crippen molar-refractivity contribution >= 4 is 11.7 Å². The topological polar surface area (TPSA) is 49.4 Å². The largest absolute Gasteiger partial charge is 0.345 e. The van der Waals surface area contributed by atoms with Gasteiger partial charge in [0.15, 0.2) is 5.78 Å². The second-order valence-electron chi connectivity index (χ2n) is 7.92. The van der Waals surface area contributed by atoms with Gasteiger partial charge in [-0.15, -0.1) is 0 Å². The molecule has 0 aromatic carbocycles. The van der Waals surface area contributed by atoms with Crippen LogP contribution in [0, 0.1) is 0 Å². The third-order valence-corrected chi connectivity index (χ3v) is 5.40. The van der Waals surface area contributed by atoms with Gasteiger partial charge in [0.1, 0.15) is 6.04 Å². The first kappa shape index (κ1) is 23.1. The molecule has 1 fully saturated rings. The Bertz CT molecular complexity index is 378. The molecule has 4 heteroatoms. The van der Waals surface area contributed by atoms with Gasteiger partial charge in [0, 0.05) is 19.4 Å². The first-order chi connectivity index (χ1) is 12.7. The molecule has 0 aromatic rings. The van der Waals surface area contributed by atoms with E-state index in [0.29, 0.717) is 19.4 Å². The highest BCUT2D eigenvalue weighted by atomic mass is 16.2. The van der Waals surface area contributed by atoms with Crippen molar-refractivity contribution in [3.05, 3.63) is 0 Å². The first-order valence-corrected chi connectivity index (χ1v) is 11.2. The van der Waals surface area contributed by atoms with Crippen molar-refractivity contribution in [3.8, 4) is 0 Å². The van der Waals surface area contributed by atoms with Crippen LogP contribution in [0.5, 0.6) is 0 Å². The highest BCUT2D eigenvalue weighted by Crippen LogP contribution is 2.12. The average molecular weight is 367 g/mol. The summed E-state index contributed by atoms with van der Waals surface area (Å²) in [6, 6.07) is -0.303. The van der Waals surface area contributed by atoms with Gasteiger partial charge in [0.2, 0.25) is 5.91 Å². The molecule has 1 aliphatic heterocycles. The van der Waals surface area contributed by atoms with E-state index in [1.165, 1.54) is 51.4 Å². The molecule has 26 heavy (non-hydrogen) atoms. The van der Waals surface area contributed by atoms with E-state index in [9.17, 15) is 9.59 Å². The molecule has 1 heterocycles. The minimum atomic E-state index is -0.303. The third kappa shape index (κ3) is 10.9. The lowest BCUT2D eigenvalue weighted by atomic mass is 10.0. The minimum absolute atomic E-state index is 0.0602. The fraction of sp³-hybridized carbons (Fsp3) is 0.909. The van der Waals surface area contributed by atoms with Crippen molar-refractivity contribution in [2.24, 2.45) is 0 Å². The Balaban J connectivity index is 2.36. The summed E-state index contributed by atoms with van der Waals surface area (Å²) >= 11 is 0. The van der Waals surface area contributed by atoms with E-state index in [1.807, 2.05) is 0 Å². The summed E-state index contributed by atoms with van der Waals surface area (Å²) in [6.07, 6.45) is 15.1. The van der Waals surface area contributed by atoms with Crippen LogP contribution < -0.4 is 5.32 Å². The summed E-state index contributed by atoms with van der Waals surface area (Å²) in [5, 5.41) is 3.06. The number of ketones is 1. The van der Waals surface area contributed by atoms with Crippen LogP contribution in [-0.2, 0) is 9.59 Å². The number of amides is 1. The fourth-order valence-electron chi connectivity index (χ4n) is 3.68. The van der Waals surface area contributed by atoms with Gasteiger partial charge in [0.25, 0.3) is 0 Å². The van der Waals surface area contributed by atoms with Gasteiger partial charge < -0.3 is 10.2 Å². The molecule has 0 bridgehead atoms. The molecule has 0 spiro atoms. The van der Waals surface area contributed by atoms with Gasteiger partial charge in [-0.2, -0.15) is 0 Å². The molecule has 0 saturated carbocycles. The molecular formula is C22H42N2O2. The quantitative estimate of drug-likeness (QED) is 0.397. The normalized spacial score (nSPS) is 15.9. The monoisotopic (exact) mass is 366 g/mol. The number of carbonyl (C=O) groups excluding carboxylic acids is 2. The lowest BCUT2D eigenvalue weighted by molar-refractivity contribution is -0.128. The summed E-state index contributed by atoms with van der Waals surface area (Å²) in [6.45, 7) is 7.23. The van der Waals surface area contributed by atoms with Crippen molar-refractivity contribution in [2.75, 3.05) is 19.6 Å². The van der Waals surface area contributed by atoms with E-state index in [0.717, 1.165) is 38.8 Å². The summed E-state index contributed by atoms with van der Waals surface area (Å²) < 4.78 is 0. The van der Waals surface area contributed by atoms with Crippen molar-refractivity contribution in [2.45, 2.75) is 110 Å². The number of nitrogens with one attached hydrogen (secondary N) is 1. The Morgan fingerprint density at radius 1 is 0.808 bits per heavy atom. The molecule has 1 rings (SSSR count). The number of rotatable bonds is 16. The van der Waals surface area contributed by atoms with Gasteiger partial charge in [0.05, 0.1) is 0 Å². The van der Waals surface area contributed by atoms with Gasteiger partial charge in [-0.05, 0) is 38.8 Å². The van der Waals surface area contributed by atoms with E-state index in [1.54, 1.807) is 0 Å². The molecule has 0 aliphatic carbocycles. The molecule has 152 valence electrons. The molecule has 1 N–H and O–H groups in total. The number of likely N-dealkylation sites (tertiary alicyclic amines) is 1. The highest BCUT2D eigenvalue weighted by molar-refractivity contribution is 5.89. The number of hydrogen-bond acceptors (Lipinski definition) is 3. The van der Waals surface area contributed by atoms with Crippen LogP contribution >= 0.6 is 0 Å². The van der Waals surface area contributed by atoms with Crippen molar-refractivity contribution < 1.29 is 9.59 Å². The zero-order valence-corrected chi connectivity index (χ0v) is 17.4. The number of Topliss-reactive ketones (excluding diaryl/α,β-unsaturated/α-hetero) is 1. The fourth-order valence-corrected chi connectivity index (χ4v) is 3.68.